The summed E-state index contributed by atoms with van der Waals surface area (Å²) < 4.78 is 20.1. The molecule has 1 amide bonds. The van der Waals surface area contributed by atoms with E-state index in [2.05, 4.69) is 20.5 Å². The maximum Gasteiger partial charge on any atom is 0.295 e. The van der Waals surface area contributed by atoms with E-state index >= 15 is 0 Å². The van der Waals surface area contributed by atoms with Gasteiger partial charge in [-0.1, -0.05) is 12.1 Å². The zero-order valence-corrected chi connectivity index (χ0v) is 16.0. The molecular formula is C20H22FN5O3. The monoisotopic (exact) mass is 399 g/mol. The first-order valence-electron chi connectivity index (χ1n) is 9.45. The summed E-state index contributed by atoms with van der Waals surface area (Å²) in [5, 5.41) is 4.63. The Morgan fingerprint density at radius 2 is 2.21 bits per heavy atom. The number of nitrogens with one attached hydrogen (secondary N) is 1. The fraction of sp³-hybridized carbons (Fsp3) is 0.350. The number of hydroxylamine groups is 1. The van der Waals surface area contributed by atoms with Crippen LogP contribution >= 0.6 is 0 Å². The minimum Gasteiger partial charge on any atom is -0.382 e. The topological polar surface area (TPSA) is 81.0 Å². The molecule has 1 atom stereocenters. The summed E-state index contributed by atoms with van der Waals surface area (Å²) in [5.74, 6) is 0.0118. The van der Waals surface area contributed by atoms with Crippen molar-refractivity contribution in [1.29, 1.82) is 0 Å². The lowest BCUT2D eigenvalue weighted by Crippen LogP contribution is -2.28. The predicted octanol–water partition coefficient (Wildman–Crippen LogP) is 2.52. The Labute approximate surface area is 167 Å². The molecule has 2 aromatic heterocycles. The van der Waals surface area contributed by atoms with Gasteiger partial charge in [0, 0.05) is 13.7 Å². The predicted molar refractivity (Wildman–Crippen MR) is 104 cm³/mol. The number of ether oxygens (including phenoxy) is 1. The number of anilines is 1. The normalized spacial score (nSPS) is 16.5. The van der Waals surface area contributed by atoms with E-state index in [-0.39, 0.29) is 24.2 Å². The lowest BCUT2D eigenvalue weighted by atomic mass is 10.0. The summed E-state index contributed by atoms with van der Waals surface area (Å²) in [6.07, 6.45) is 3.34. The molecule has 1 saturated heterocycles. The number of amides is 1. The number of fused-ring (bicyclic) bond motifs is 1. The molecule has 1 N–H and O–H groups in total. The molecule has 1 aromatic carbocycles. The molecule has 1 aliphatic heterocycles. The summed E-state index contributed by atoms with van der Waals surface area (Å²) >= 11 is 0. The van der Waals surface area contributed by atoms with Gasteiger partial charge >= 0.3 is 0 Å². The average Bonchev–Trinajstić information content (AvgIpc) is 3.37. The van der Waals surface area contributed by atoms with Gasteiger partial charge in [0.2, 0.25) is 0 Å². The fourth-order valence-electron chi connectivity index (χ4n) is 3.57. The quantitative estimate of drug-likeness (QED) is 0.486. The van der Waals surface area contributed by atoms with Crippen LogP contribution in [0.15, 0.2) is 42.6 Å². The summed E-state index contributed by atoms with van der Waals surface area (Å²) in [7, 11) is 1.55. The molecule has 1 fully saturated rings. The van der Waals surface area contributed by atoms with E-state index < -0.39 is 5.91 Å². The first kappa shape index (κ1) is 19.3. The van der Waals surface area contributed by atoms with Crippen molar-refractivity contribution in [3.05, 3.63) is 59.7 Å². The summed E-state index contributed by atoms with van der Waals surface area (Å²) in [5.41, 5.74) is 4.10. The van der Waals surface area contributed by atoms with Crippen molar-refractivity contribution in [1.82, 2.24) is 20.1 Å². The molecule has 0 spiro atoms. The first-order valence-corrected chi connectivity index (χ1v) is 9.45. The molecule has 9 heteroatoms. The molecule has 8 nitrogen and oxygen atoms in total. The number of aromatic nitrogens is 3. The third-order valence-electron chi connectivity index (χ3n) is 4.92. The van der Waals surface area contributed by atoms with E-state index in [9.17, 15) is 9.18 Å². The lowest BCUT2D eigenvalue weighted by molar-refractivity contribution is 0.00846. The third-order valence-corrected chi connectivity index (χ3v) is 4.92. The van der Waals surface area contributed by atoms with Gasteiger partial charge in [0.05, 0.1) is 25.5 Å². The van der Waals surface area contributed by atoms with Crippen molar-refractivity contribution < 1.29 is 18.8 Å². The number of imidazole rings is 1. The molecule has 29 heavy (non-hydrogen) atoms. The van der Waals surface area contributed by atoms with Gasteiger partial charge in [-0.15, -0.1) is 5.10 Å². The molecule has 0 bridgehead atoms. The zero-order chi connectivity index (χ0) is 20.2. The number of carbonyl (C=O) groups is 1. The van der Waals surface area contributed by atoms with E-state index in [1.54, 1.807) is 19.2 Å². The van der Waals surface area contributed by atoms with E-state index in [0.29, 0.717) is 18.1 Å². The van der Waals surface area contributed by atoms with Gasteiger partial charge < -0.3 is 9.64 Å². The Morgan fingerprint density at radius 1 is 1.31 bits per heavy atom. The Bertz CT molecular complexity index is 1010. The highest BCUT2D eigenvalue weighted by molar-refractivity contribution is 5.92. The Morgan fingerprint density at radius 3 is 3.03 bits per heavy atom. The molecule has 0 saturated carbocycles. The minimum absolute atomic E-state index is 0.0359. The second-order valence-corrected chi connectivity index (χ2v) is 6.78. The van der Waals surface area contributed by atoms with Crippen LogP contribution in [0.25, 0.3) is 5.65 Å². The van der Waals surface area contributed by atoms with Gasteiger partial charge in [-0.3, -0.25) is 9.63 Å². The van der Waals surface area contributed by atoms with Crippen LogP contribution in [-0.4, -0.2) is 47.4 Å². The molecule has 0 aliphatic carbocycles. The molecule has 4 rings (SSSR count). The van der Waals surface area contributed by atoms with E-state index in [0.717, 1.165) is 24.9 Å². The van der Waals surface area contributed by atoms with Crippen LogP contribution in [0.2, 0.25) is 0 Å². The molecule has 1 aliphatic rings. The Hall–Kier alpha value is -3.04. The van der Waals surface area contributed by atoms with Crippen molar-refractivity contribution in [2.24, 2.45) is 0 Å². The molecule has 3 aromatic rings. The SMILES string of the molecule is COCCONC(=O)c1cnc2ccc(N3CCC[C@H]3c3cccc(F)c3)nn12. The standard InChI is InChI=1S/C20H22FN5O3/c1-28-10-11-29-24-20(27)17-13-22-18-7-8-19(23-26(17)18)25-9-3-6-16(25)14-4-2-5-15(21)12-14/h2,4-5,7-8,12-13,16H,3,6,9-11H2,1H3,(H,24,27)/t16-/m0/s1. The molecule has 3 heterocycles. The number of methoxy groups -OCH3 is 1. The van der Waals surface area contributed by atoms with Crippen molar-refractivity contribution >= 4 is 17.4 Å². The van der Waals surface area contributed by atoms with Crippen LogP contribution < -0.4 is 10.4 Å². The van der Waals surface area contributed by atoms with Crippen molar-refractivity contribution in [3.8, 4) is 0 Å². The highest BCUT2D eigenvalue weighted by Crippen LogP contribution is 2.35. The van der Waals surface area contributed by atoms with Crippen molar-refractivity contribution in [2.45, 2.75) is 18.9 Å². The maximum absolute atomic E-state index is 13.7. The number of carbonyl (C=O) groups excluding carboxylic acids is 1. The first-order chi connectivity index (χ1) is 14.2. The molecule has 0 radical (unpaired) electrons. The van der Waals surface area contributed by atoms with Crippen molar-refractivity contribution in [3.63, 3.8) is 0 Å². The van der Waals surface area contributed by atoms with Gasteiger partial charge in [0.25, 0.3) is 5.91 Å². The van der Waals surface area contributed by atoms with Gasteiger partial charge in [-0.05, 0) is 42.7 Å². The van der Waals surface area contributed by atoms with Gasteiger partial charge in [-0.2, -0.15) is 0 Å². The van der Waals surface area contributed by atoms with Crippen LogP contribution in [-0.2, 0) is 9.57 Å². The van der Waals surface area contributed by atoms with Crippen LogP contribution in [0, 0.1) is 5.82 Å². The number of hydrogen-bond acceptors (Lipinski definition) is 6. The number of benzene rings is 1. The fourth-order valence-corrected chi connectivity index (χ4v) is 3.57. The number of rotatable bonds is 7. The maximum atomic E-state index is 13.7. The molecular weight excluding hydrogens is 377 g/mol. The molecule has 0 unspecified atom stereocenters. The van der Waals surface area contributed by atoms with Gasteiger partial charge in [-0.25, -0.2) is 19.4 Å². The van der Waals surface area contributed by atoms with Crippen LogP contribution in [0.5, 0.6) is 0 Å². The second-order valence-electron chi connectivity index (χ2n) is 6.78. The average molecular weight is 399 g/mol. The van der Waals surface area contributed by atoms with E-state index in [1.807, 2.05) is 18.2 Å². The molecule has 152 valence electrons. The second kappa shape index (κ2) is 8.54. The Balaban J connectivity index is 1.59. The van der Waals surface area contributed by atoms with E-state index in [4.69, 9.17) is 9.57 Å². The third kappa shape index (κ3) is 4.06. The summed E-state index contributed by atoms with van der Waals surface area (Å²) in [4.78, 5) is 23.9. The number of hydrogen-bond donors (Lipinski definition) is 1. The smallest absolute Gasteiger partial charge is 0.295 e. The van der Waals surface area contributed by atoms with Crippen molar-refractivity contribution in [2.75, 3.05) is 31.8 Å². The van der Waals surface area contributed by atoms with Gasteiger partial charge in [0.1, 0.15) is 11.6 Å². The van der Waals surface area contributed by atoms with E-state index in [1.165, 1.54) is 16.8 Å². The van der Waals surface area contributed by atoms with Crippen LogP contribution in [0.3, 0.4) is 0 Å². The largest absolute Gasteiger partial charge is 0.382 e. The van der Waals surface area contributed by atoms with Crippen LogP contribution in [0.4, 0.5) is 10.2 Å². The highest BCUT2D eigenvalue weighted by Gasteiger charge is 2.28. The minimum atomic E-state index is -0.443. The highest BCUT2D eigenvalue weighted by atomic mass is 19.1. The van der Waals surface area contributed by atoms with Crippen LogP contribution in [0.1, 0.15) is 34.9 Å². The zero-order valence-electron chi connectivity index (χ0n) is 16.0. The summed E-state index contributed by atoms with van der Waals surface area (Å²) in [6.45, 7) is 1.41. The summed E-state index contributed by atoms with van der Waals surface area (Å²) in [6, 6.07) is 10.4. The lowest BCUT2D eigenvalue weighted by Gasteiger charge is -2.26. The number of nitrogens with zero attached hydrogens (tertiary/aromatic N) is 4. The Kier molecular flexibility index (Phi) is 5.68. The number of halogens is 1. The van der Waals surface area contributed by atoms with Gasteiger partial charge in [0.15, 0.2) is 11.3 Å².